The molecule has 1 unspecified atom stereocenters. The fraction of sp³-hybridized carbons (Fsp3) is 0.467. The van der Waals surface area contributed by atoms with Crippen LogP contribution in [0.15, 0.2) is 12.1 Å². The van der Waals surface area contributed by atoms with Gasteiger partial charge in [-0.2, -0.15) is 0 Å². The number of benzene rings is 1. The number of nitrogens with one attached hydrogen (secondary N) is 3. The van der Waals surface area contributed by atoms with Gasteiger partial charge in [-0.25, -0.2) is 4.39 Å². The maximum absolute atomic E-state index is 14.0. The first-order chi connectivity index (χ1) is 10.6. The number of carbonyl (C=O) groups excluding carboxylic acids is 2. The molecule has 2 heterocycles. The topological polar surface area (TPSA) is 79.5 Å². The van der Waals surface area contributed by atoms with Crippen molar-refractivity contribution in [1.82, 2.24) is 5.32 Å². The van der Waals surface area contributed by atoms with Gasteiger partial charge >= 0.3 is 0 Å². The molecule has 3 N–H and O–H groups in total. The maximum Gasteiger partial charge on any atom is 0.226 e. The molecule has 1 atom stereocenters. The lowest BCUT2D eigenvalue weighted by molar-refractivity contribution is -0.117. The van der Waals surface area contributed by atoms with E-state index in [0.717, 1.165) is 5.56 Å². The van der Waals surface area contributed by atoms with Gasteiger partial charge in [0.25, 0.3) is 0 Å². The van der Waals surface area contributed by atoms with E-state index < -0.39 is 5.82 Å². The summed E-state index contributed by atoms with van der Waals surface area (Å²) in [6.45, 7) is 1.81. The number of hydrogen-bond donors (Lipinski definition) is 3. The summed E-state index contributed by atoms with van der Waals surface area (Å²) in [4.78, 5) is 23.4. The molecule has 2 amide bonds. The molecule has 0 radical (unpaired) electrons. The molecule has 0 bridgehead atoms. The van der Waals surface area contributed by atoms with Crippen LogP contribution >= 0.6 is 0 Å². The molecular weight excluding hydrogens is 289 g/mol. The SMILES string of the molecule is O=C(CC1COCCN1)Nc1cc2c(cc1F)CCC(=O)N2. The predicted molar refractivity (Wildman–Crippen MR) is 79.2 cm³/mol. The lowest BCUT2D eigenvalue weighted by Gasteiger charge is -2.23. The Hall–Kier alpha value is -1.99. The summed E-state index contributed by atoms with van der Waals surface area (Å²) >= 11 is 0. The Morgan fingerprint density at radius 1 is 1.41 bits per heavy atom. The van der Waals surface area contributed by atoms with Crippen molar-refractivity contribution in [2.75, 3.05) is 30.4 Å². The molecule has 1 saturated heterocycles. The van der Waals surface area contributed by atoms with Gasteiger partial charge in [-0.1, -0.05) is 0 Å². The second kappa shape index (κ2) is 6.41. The van der Waals surface area contributed by atoms with Crippen molar-refractivity contribution in [2.45, 2.75) is 25.3 Å². The molecule has 0 saturated carbocycles. The molecule has 0 aliphatic carbocycles. The van der Waals surface area contributed by atoms with E-state index in [1.165, 1.54) is 12.1 Å². The van der Waals surface area contributed by atoms with E-state index in [2.05, 4.69) is 16.0 Å². The number of rotatable bonds is 3. The summed E-state index contributed by atoms with van der Waals surface area (Å²) in [5, 5.41) is 8.42. The van der Waals surface area contributed by atoms with Crippen LogP contribution in [0.2, 0.25) is 0 Å². The smallest absolute Gasteiger partial charge is 0.226 e. The highest BCUT2D eigenvalue weighted by atomic mass is 19.1. The number of amides is 2. The molecule has 6 nitrogen and oxygen atoms in total. The second-order valence-corrected chi connectivity index (χ2v) is 5.52. The average Bonchev–Trinajstić information content (AvgIpc) is 2.49. The van der Waals surface area contributed by atoms with E-state index in [-0.39, 0.29) is 30.0 Å². The molecule has 1 fully saturated rings. The Morgan fingerprint density at radius 3 is 3.05 bits per heavy atom. The monoisotopic (exact) mass is 307 g/mol. The molecule has 22 heavy (non-hydrogen) atoms. The third kappa shape index (κ3) is 3.42. The van der Waals surface area contributed by atoms with E-state index >= 15 is 0 Å². The fourth-order valence-electron chi connectivity index (χ4n) is 2.67. The van der Waals surface area contributed by atoms with Crippen LogP contribution in [-0.4, -0.2) is 37.6 Å². The number of morpholine rings is 1. The Morgan fingerprint density at radius 2 is 2.27 bits per heavy atom. The third-order valence-electron chi connectivity index (χ3n) is 3.79. The first-order valence-electron chi connectivity index (χ1n) is 7.35. The minimum atomic E-state index is -0.490. The Bertz CT molecular complexity index is 600. The van der Waals surface area contributed by atoms with Crippen molar-refractivity contribution in [1.29, 1.82) is 0 Å². The van der Waals surface area contributed by atoms with E-state index in [9.17, 15) is 14.0 Å². The minimum absolute atomic E-state index is 0.0610. The first-order valence-corrected chi connectivity index (χ1v) is 7.35. The lowest BCUT2D eigenvalue weighted by atomic mass is 10.0. The van der Waals surface area contributed by atoms with E-state index in [4.69, 9.17) is 4.74 Å². The Kier molecular flexibility index (Phi) is 4.35. The number of aryl methyl sites for hydroxylation is 1. The summed E-state index contributed by atoms with van der Waals surface area (Å²) in [7, 11) is 0. The number of ether oxygens (including phenoxy) is 1. The first kappa shape index (κ1) is 14.9. The van der Waals surface area contributed by atoms with Gasteiger partial charge in [0.05, 0.1) is 18.9 Å². The van der Waals surface area contributed by atoms with Crippen LogP contribution in [0.5, 0.6) is 0 Å². The van der Waals surface area contributed by atoms with E-state index in [1.54, 1.807) is 0 Å². The minimum Gasteiger partial charge on any atom is -0.378 e. The molecule has 1 aromatic rings. The highest BCUT2D eigenvalue weighted by molar-refractivity contribution is 5.96. The van der Waals surface area contributed by atoms with Crippen molar-refractivity contribution in [3.05, 3.63) is 23.5 Å². The van der Waals surface area contributed by atoms with Gasteiger partial charge in [-0.05, 0) is 24.1 Å². The maximum atomic E-state index is 14.0. The van der Waals surface area contributed by atoms with Crippen molar-refractivity contribution in [3.8, 4) is 0 Å². The predicted octanol–water partition coefficient (Wildman–Crippen LogP) is 1.03. The molecule has 1 aromatic carbocycles. The zero-order valence-electron chi connectivity index (χ0n) is 12.1. The number of hydrogen-bond acceptors (Lipinski definition) is 4. The molecule has 0 aromatic heterocycles. The number of carbonyl (C=O) groups is 2. The van der Waals surface area contributed by atoms with Gasteiger partial charge in [0, 0.05) is 31.1 Å². The fourth-order valence-corrected chi connectivity index (χ4v) is 2.67. The van der Waals surface area contributed by atoms with Crippen molar-refractivity contribution >= 4 is 23.2 Å². The third-order valence-corrected chi connectivity index (χ3v) is 3.79. The zero-order valence-corrected chi connectivity index (χ0v) is 12.1. The van der Waals surface area contributed by atoms with Crippen LogP contribution < -0.4 is 16.0 Å². The summed E-state index contributed by atoms with van der Waals surface area (Å²) < 4.78 is 19.3. The second-order valence-electron chi connectivity index (χ2n) is 5.52. The molecule has 0 spiro atoms. The molecule has 3 rings (SSSR count). The Balaban J connectivity index is 1.67. The van der Waals surface area contributed by atoms with E-state index in [0.29, 0.717) is 38.3 Å². The van der Waals surface area contributed by atoms with E-state index in [1.807, 2.05) is 0 Å². The molecule has 118 valence electrons. The molecular formula is C15H18FN3O3. The van der Waals surface area contributed by atoms with Crippen LogP contribution in [0, 0.1) is 5.82 Å². The molecule has 7 heteroatoms. The van der Waals surface area contributed by atoms with Gasteiger partial charge in [0.2, 0.25) is 11.8 Å². The normalized spacial score (nSPS) is 21.0. The standard InChI is InChI=1S/C15H18FN3O3/c16-11-5-9-1-2-14(20)18-12(9)7-13(11)19-15(21)6-10-8-22-4-3-17-10/h5,7,10,17H,1-4,6,8H2,(H,18,20)(H,19,21). The van der Waals surface area contributed by atoms with Crippen molar-refractivity contribution in [2.24, 2.45) is 0 Å². The Labute approximate surface area is 127 Å². The van der Waals surface area contributed by atoms with Crippen LogP contribution in [0.1, 0.15) is 18.4 Å². The number of anilines is 2. The lowest BCUT2D eigenvalue weighted by Crippen LogP contribution is -2.43. The van der Waals surface area contributed by atoms with Crippen LogP contribution in [0.4, 0.5) is 15.8 Å². The van der Waals surface area contributed by atoms with Crippen molar-refractivity contribution in [3.63, 3.8) is 0 Å². The zero-order chi connectivity index (χ0) is 15.5. The van der Waals surface area contributed by atoms with Gasteiger partial charge in [-0.15, -0.1) is 0 Å². The van der Waals surface area contributed by atoms with Crippen molar-refractivity contribution < 1.29 is 18.7 Å². The summed E-state index contributed by atoms with van der Waals surface area (Å²) in [6, 6.07) is 2.78. The highest BCUT2D eigenvalue weighted by Gasteiger charge is 2.20. The van der Waals surface area contributed by atoms with Crippen LogP contribution in [-0.2, 0) is 20.7 Å². The quantitative estimate of drug-likeness (QED) is 0.779. The van der Waals surface area contributed by atoms with Gasteiger partial charge in [0.1, 0.15) is 5.82 Å². The van der Waals surface area contributed by atoms with Gasteiger partial charge in [0.15, 0.2) is 0 Å². The highest BCUT2D eigenvalue weighted by Crippen LogP contribution is 2.28. The summed E-state index contributed by atoms with van der Waals surface area (Å²) in [6.07, 6.45) is 1.07. The molecule has 2 aliphatic rings. The average molecular weight is 307 g/mol. The van der Waals surface area contributed by atoms with Gasteiger partial charge in [-0.3, -0.25) is 9.59 Å². The number of fused-ring (bicyclic) bond motifs is 1. The van der Waals surface area contributed by atoms with Gasteiger partial charge < -0.3 is 20.7 Å². The van der Waals surface area contributed by atoms with Crippen LogP contribution in [0.25, 0.3) is 0 Å². The summed E-state index contributed by atoms with van der Waals surface area (Å²) in [5.41, 5.74) is 1.40. The largest absolute Gasteiger partial charge is 0.378 e. The molecule has 2 aliphatic heterocycles. The number of halogens is 1. The summed E-state index contributed by atoms with van der Waals surface area (Å²) in [5.74, 6) is -0.875. The van der Waals surface area contributed by atoms with Crippen LogP contribution in [0.3, 0.4) is 0 Å².